The summed E-state index contributed by atoms with van der Waals surface area (Å²) in [6.45, 7) is 1.98. The molecule has 5 heteroatoms. The van der Waals surface area contributed by atoms with Crippen molar-refractivity contribution >= 4 is 44.6 Å². The van der Waals surface area contributed by atoms with Crippen LogP contribution in [0.15, 0.2) is 34.1 Å². The number of rotatable bonds is 3. The molecule has 1 atom stereocenters. The molecular weight excluding hydrogens is 325 g/mol. The topological polar surface area (TPSA) is 12.0 Å². The number of thiophene rings is 1. The maximum absolute atomic E-state index is 13.7. The average Bonchev–Trinajstić information content (AvgIpc) is 2.71. The average molecular weight is 335 g/mol. The van der Waals surface area contributed by atoms with E-state index in [1.165, 1.54) is 6.07 Å². The van der Waals surface area contributed by atoms with Crippen LogP contribution >= 0.6 is 38.9 Å². The Labute approximate surface area is 117 Å². The van der Waals surface area contributed by atoms with E-state index in [9.17, 15) is 4.39 Å². The predicted molar refractivity (Wildman–Crippen MR) is 75.5 cm³/mol. The van der Waals surface area contributed by atoms with Gasteiger partial charge in [-0.3, -0.25) is 0 Å². The summed E-state index contributed by atoms with van der Waals surface area (Å²) in [7, 11) is 0. The highest BCUT2D eigenvalue weighted by Crippen LogP contribution is 2.32. The van der Waals surface area contributed by atoms with Crippen LogP contribution in [0, 0.1) is 5.82 Å². The number of nitrogens with one attached hydrogen (secondary N) is 1. The van der Waals surface area contributed by atoms with Gasteiger partial charge in [0.15, 0.2) is 5.82 Å². The molecule has 0 aliphatic heterocycles. The molecule has 17 heavy (non-hydrogen) atoms. The quantitative estimate of drug-likeness (QED) is 0.784. The standard InChI is InChI=1S/C12H10BrClFNS/c1-7(12-8(13)5-6-17-12)16-10-4-2-3-9(14)11(10)15/h2-7,16H,1H3. The molecule has 0 aliphatic carbocycles. The Bertz CT molecular complexity index is 529. The molecule has 1 aromatic carbocycles. The second-order valence-electron chi connectivity index (χ2n) is 3.60. The Hall–Kier alpha value is -0.580. The van der Waals surface area contributed by atoms with Gasteiger partial charge in [-0.25, -0.2) is 4.39 Å². The molecule has 1 aromatic heterocycles. The highest BCUT2D eigenvalue weighted by molar-refractivity contribution is 9.10. The molecular formula is C12H10BrClFNS. The van der Waals surface area contributed by atoms with Crippen molar-refractivity contribution in [2.75, 3.05) is 5.32 Å². The Morgan fingerprint density at radius 1 is 1.41 bits per heavy atom. The molecule has 0 aliphatic rings. The van der Waals surface area contributed by atoms with Crippen molar-refractivity contribution in [2.45, 2.75) is 13.0 Å². The molecule has 0 radical (unpaired) electrons. The number of hydrogen-bond acceptors (Lipinski definition) is 2. The Morgan fingerprint density at radius 2 is 2.18 bits per heavy atom. The normalized spacial score (nSPS) is 12.5. The van der Waals surface area contributed by atoms with Crippen molar-refractivity contribution in [2.24, 2.45) is 0 Å². The van der Waals surface area contributed by atoms with Crippen molar-refractivity contribution in [1.29, 1.82) is 0 Å². The largest absolute Gasteiger partial charge is 0.375 e. The van der Waals surface area contributed by atoms with E-state index < -0.39 is 5.82 Å². The van der Waals surface area contributed by atoms with E-state index in [1.807, 2.05) is 18.4 Å². The first kappa shape index (κ1) is 12.9. The van der Waals surface area contributed by atoms with E-state index in [1.54, 1.807) is 23.5 Å². The highest BCUT2D eigenvalue weighted by atomic mass is 79.9. The van der Waals surface area contributed by atoms with E-state index in [4.69, 9.17) is 11.6 Å². The first-order valence-electron chi connectivity index (χ1n) is 5.03. The molecule has 2 rings (SSSR count). The molecule has 0 saturated carbocycles. The van der Waals surface area contributed by atoms with Crippen LogP contribution in [0.4, 0.5) is 10.1 Å². The predicted octanol–water partition coefficient (Wildman–Crippen LogP) is 5.48. The molecule has 1 N–H and O–H groups in total. The maximum atomic E-state index is 13.7. The van der Waals surface area contributed by atoms with E-state index in [2.05, 4.69) is 21.2 Å². The third-order valence-electron chi connectivity index (χ3n) is 2.36. The lowest BCUT2D eigenvalue weighted by Crippen LogP contribution is -2.07. The highest BCUT2D eigenvalue weighted by Gasteiger charge is 2.13. The molecule has 0 amide bonds. The molecule has 0 bridgehead atoms. The van der Waals surface area contributed by atoms with Gasteiger partial charge in [0.2, 0.25) is 0 Å². The van der Waals surface area contributed by atoms with Crippen LogP contribution in [0.3, 0.4) is 0 Å². The van der Waals surface area contributed by atoms with Crippen LogP contribution in [0.2, 0.25) is 5.02 Å². The second kappa shape index (κ2) is 5.38. The monoisotopic (exact) mass is 333 g/mol. The van der Waals surface area contributed by atoms with Gasteiger partial charge in [-0.15, -0.1) is 11.3 Å². The molecule has 0 spiro atoms. The number of benzene rings is 1. The smallest absolute Gasteiger partial charge is 0.164 e. The van der Waals surface area contributed by atoms with Gasteiger partial charge in [0.1, 0.15) is 0 Å². The van der Waals surface area contributed by atoms with E-state index >= 15 is 0 Å². The number of hydrogen-bond donors (Lipinski definition) is 1. The zero-order chi connectivity index (χ0) is 12.4. The minimum atomic E-state index is -0.409. The Kier molecular flexibility index (Phi) is 4.07. The first-order valence-corrected chi connectivity index (χ1v) is 7.08. The fourth-order valence-corrected chi connectivity index (χ4v) is 3.43. The van der Waals surface area contributed by atoms with Gasteiger partial charge in [0, 0.05) is 9.35 Å². The van der Waals surface area contributed by atoms with Gasteiger partial charge in [0.05, 0.1) is 16.8 Å². The van der Waals surface area contributed by atoms with Crippen molar-refractivity contribution in [3.63, 3.8) is 0 Å². The van der Waals surface area contributed by atoms with Crippen LogP contribution in [0.1, 0.15) is 17.8 Å². The minimum Gasteiger partial charge on any atom is -0.375 e. The maximum Gasteiger partial charge on any atom is 0.164 e. The van der Waals surface area contributed by atoms with Crippen LogP contribution in [-0.4, -0.2) is 0 Å². The number of anilines is 1. The molecule has 1 heterocycles. The summed E-state index contributed by atoms with van der Waals surface area (Å²) in [5, 5.41) is 5.24. The first-order chi connectivity index (χ1) is 8.09. The molecule has 90 valence electrons. The van der Waals surface area contributed by atoms with Crippen LogP contribution in [0.5, 0.6) is 0 Å². The van der Waals surface area contributed by atoms with Crippen LogP contribution < -0.4 is 5.32 Å². The van der Waals surface area contributed by atoms with E-state index in [-0.39, 0.29) is 11.1 Å². The summed E-state index contributed by atoms with van der Waals surface area (Å²) in [4.78, 5) is 1.13. The number of halogens is 3. The minimum absolute atomic E-state index is 0.0253. The summed E-state index contributed by atoms with van der Waals surface area (Å²) in [5.74, 6) is -0.409. The van der Waals surface area contributed by atoms with Gasteiger partial charge in [-0.2, -0.15) is 0 Å². The van der Waals surface area contributed by atoms with Crippen molar-refractivity contribution in [1.82, 2.24) is 0 Å². The Balaban J connectivity index is 2.22. The summed E-state index contributed by atoms with van der Waals surface area (Å²) in [5.41, 5.74) is 0.422. The van der Waals surface area contributed by atoms with Crippen molar-refractivity contribution in [3.05, 3.63) is 49.8 Å². The van der Waals surface area contributed by atoms with Gasteiger partial charge >= 0.3 is 0 Å². The molecule has 0 saturated heterocycles. The SMILES string of the molecule is CC(Nc1cccc(Cl)c1F)c1sccc1Br. The lowest BCUT2D eigenvalue weighted by molar-refractivity contribution is 0.628. The van der Waals surface area contributed by atoms with Crippen LogP contribution in [-0.2, 0) is 0 Å². The second-order valence-corrected chi connectivity index (χ2v) is 5.81. The van der Waals surface area contributed by atoms with Crippen molar-refractivity contribution in [3.8, 4) is 0 Å². The lowest BCUT2D eigenvalue weighted by atomic mass is 10.2. The fourth-order valence-electron chi connectivity index (χ4n) is 1.53. The van der Waals surface area contributed by atoms with Crippen molar-refractivity contribution < 1.29 is 4.39 Å². The van der Waals surface area contributed by atoms with Gasteiger partial charge in [-0.05, 0) is 46.4 Å². The van der Waals surface area contributed by atoms with Crippen LogP contribution in [0.25, 0.3) is 0 Å². The summed E-state index contributed by atoms with van der Waals surface area (Å²) < 4.78 is 14.7. The molecule has 1 unspecified atom stereocenters. The third-order valence-corrected chi connectivity index (χ3v) is 4.71. The van der Waals surface area contributed by atoms with Gasteiger partial charge in [0.25, 0.3) is 0 Å². The lowest BCUT2D eigenvalue weighted by Gasteiger charge is -2.15. The molecule has 0 fully saturated rings. The molecule has 2 aromatic rings. The summed E-state index contributed by atoms with van der Waals surface area (Å²) in [6, 6.07) is 6.95. The van der Waals surface area contributed by atoms with E-state index in [0.717, 1.165) is 9.35 Å². The molecule has 1 nitrogen and oxygen atoms in total. The zero-order valence-electron chi connectivity index (χ0n) is 9.01. The zero-order valence-corrected chi connectivity index (χ0v) is 12.2. The van der Waals surface area contributed by atoms with E-state index in [0.29, 0.717) is 5.69 Å². The summed E-state index contributed by atoms with van der Waals surface area (Å²) in [6.07, 6.45) is 0. The van der Waals surface area contributed by atoms with Gasteiger partial charge < -0.3 is 5.32 Å². The third kappa shape index (κ3) is 2.81. The Morgan fingerprint density at radius 3 is 2.82 bits per heavy atom. The fraction of sp³-hybridized carbons (Fsp3) is 0.167. The summed E-state index contributed by atoms with van der Waals surface area (Å²) >= 11 is 10.8. The van der Waals surface area contributed by atoms with Gasteiger partial charge in [-0.1, -0.05) is 17.7 Å².